The van der Waals surface area contributed by atoms with Crippen molar-refractivity contribution in [3.8, 4) is 0 Å². The number of carbonyl (C=O) groups is 1. The van der Waals surface area contributed by atoms with Crippen LogP contribution in [0.15, 0.2) is 12.3 Å². The summed E-state index contributed by atoms with van der Waals surface area (Å²) in [4.78, 5) is 19.5. The van der Waals surface area contributed by atoms with E-state index in [1.54, 1.807) is 0 Å². The Kier molecular flexibility index (Phi) is 5.70. The maximum Gasteiger partial charge on any atom is 0.226 e. The molecule has 29 heavy (non-hydrogen) atoms. The van der Waals surface area contributed by atoms with E-state index in [1.165, 1.54) is 0 Å². The predicted molar refractivity (Wildman–Crippen MR) is 116 cm³/mol. The first-order valence-electron chi connectivity index (χ1n) is 10.4. The highest BCUT2D eigenvalue weighted by Gasteiger charge is 2.23. The molecule has 0 aromatic carbocycles. The Balaban J connectivity index is 1.78. The molecule has 0 atom stereocenters. The number of amides is 1. The van der Waals surface area contributed by atoms with E-state index >= 15 is 0 Å². The molecule has 7 heteroatoms. The van der Waals surface area contributed by atoms with Crippen molar-refractivity contribution in [3.63, 3.8) is 0 Å². The van der Waals surface area contributed by atoms with Crippen molar-refractivity contribution in [1.82, 2.24) is 20.0 Å². The molecule has 1 aliphatic heterocycles. The van der Waals surface area contributed by atoms with Crippen LogP contribution in [0, 0.1) is 12.3 Å². The molecule has 0 bridgehead atoms. The van der Waals surface area contributed by atoms with Gasteiger partial charge in [-0.3, -0.25) is 4.79 Å². The van der Waals surface area contributed by atoms with Crippen molar-refractivity contribution in [3.05, 3.63) is 29.2 Å². The van der Waals surface area contributed by atoms with Gasteiger partial charge in [0.25, 0.3) is 0 Å². The van der Waals surface area contributed by atoms with E-state index < -0.39 is 0 Å². The van der Waals surface area contributed by atoms with Crippen LogP contribution in [0.5, 0.6) is 0 Å². The molecule has 7 nitrogen and oxygen atoms in total. The topological polar surface area (TPSA) is 75.9 Å². The van der Waals surface area contributed by atoms with E-state index in [0.717, 1.165) is 42.0 Å². The summed E-state index contributed by atoms with van der Waals surface area (Å²) in [5.74, 6) is 0.693. The number of aryl methyl sites for hydroxylation is 2. The first kappa shape index (κ1) is 21.3. The minimum atomic E-state index is -0.0800. The summed E-state index contributed by atoms with van der Waals surface area (Å²) >= 11 is 0. The molecule has 0 radical (unpaired) electrons. The van der Waals surface area contributed by atoms with Gasteiger partial charge >= 0.3 is 0 Å². The zero-order valence-electron chi connectivity index (χ0n) is 18.8. The van der Waals surface area contributed by atoms with Gasteiger partial charge in [0.15, 0.2) is 0 Å². The average molecular weight is 399 g/mol. The third-order valence-electron chi connectivity index (χ3n) is 4.98. The first-order valence-corrected chi connectivity index (χ1v) is 10.4. The van der Waals surface area contributed by atoms with Crippen molar-refractivity contribution in [2.75, 3.05) is 16.8 Å². The van der Waals surface area contributed by atoms with Crippen molar-refractivity contribution < 1.29 is 4.79 Å². The summed E-state index contributed by atoms with van der Waals surface area (Å²) in [7, 11) is 0. The summed E-state index contributed by atoms with van der Waals surface area (Å²) < 4.78 is 1.91. The van der Waals surface area contributed by atoms with E-state index in [4.69, 9.17) is 4.98 Å². The second-order valence-corrected chi connectivity index (χ2v) is 10.3. The van der Waals surface area contributed by atoms with Gasteiger partial charge in [0.05, 0.1) is 29.7 Å². The fraction of sp³-hybridized carbons (Fsp3) is 0.636. The fourth-order valence-corrected chi connectivity index (χ4v) is 3.50. The van der Waals surface area contributed by atoms with Crippen LogP contribution in [0.2, 0.25) is 0 Å². The van der Waals surface area contributed by atoms with Gasteiger partial charge in [-0.1, -0.05) is 26.0 Å². The number of aromatic nitrogens is 4. The van der Waals surface area contributed by atoms with Gasteiger partial charge in [0.1, 0.15) is 11.5 Å². The lowest BCUT2D eigenvalue weighted by molar-refractivity contribution is -0.117. The molecular weight excluding hydrogens is 364 g/mol. The number of nitrogens with zero attached hydrogens (tertiary/aromatic N) is 5. The van der Waals surface area contributed by atoms with Gasteiger partial charge < -0.3 is 10.2 Å². The largest absolute Gasteiger partial charge is 0.364 e. The normalized spacial score (nSPS) is 14.7. The Morgan fingerprint density at radius 2 is 1.93 bits per heavy atom. The third kappa shape index (κ3) is 5.34. The van der Waals surface area contributed by atoms with Crippen molar-refractivity contribution in [1.29, 1.82) is 0 Å². The number of rotatable bonds is 4. The Bertz CT molecular complexity index is 888. The summed E-state index contributed by atoms with van der Waals surface area (Å²) in [5, 5.41) is 11.6. The fourth-order valence-electron chi connectivity index (χ4n) is 3.50. The number of anilines is 2. The van der Waals surface area contributed by atoms with Gasteiger partial charge in [0, 0.05) is 13.0 Å². The van der Waals surface area contributed by atoms with Crippen LogP contribution in [-0.4, -0.2) is 32.4 Å². The lowest BCUT2D eigenvalue weighted by Crippen LogP contribution is -2.30. The van der Waals surface area contributed by atoms with Gasteiger partial charge in [-0.2, -0.15) is 0 Å². The second kappa shape index (κ2) is 7.76. The molecule has 0 saturated heterocycles. The number of pyridine rings is 1. The molecule has 2 aromatic heterocycles. The number of hydrogen-bond donors (Lipinski definition) is 1. The second-order valence-electron chi connectivity index (χ2n) is 10.3. The highest BCUT2D eigenvalue weighted by molar-refractivity contribution is 5.91. The highest BCUT2D eigenvalue weighted by Crippen LogP contribution is 2.31. The molecule has 1 amide bonds. The van der Waals surface area contributed by atoms with Gasteiger partial charge in [-0.15, -0.1) is 5.10 Å². The van der Waals surface area contributed by atoms with E-state index in [-0.39, 0.29) is 16.9 Å². The van der Waals surface area contributed by atoms with E-state index in [0.29, 0.717) is 18.8 Å². The third-order valence-corrected chi connectivity index (χ3v) is 4.98. The maximum atomic E-state index is 12.4. The smallest absolute Gasteiger partial charge is 0.226 e. The Morgan fingerprint density at radius 3 is 2.55 bits per heavy atom. The summed E-state index contributed by atoms with van der Waals surface area (Å²) in [6.45, 7) is 16.2. The summed E-state index contributed by atoms with van der Waals surface area (Å²) in [5.41, 5.74) is 3.98. The van der Waals surface area contributed by atoms with E-state index in [2.05, 4.69) is 68.1 Å². The zero-order chi connectivity index (χ0) is 21.4. The Morgan fingerprint density at radius 1 is 1.21 bits per heavy atom. The predicted octanol–water partition coefficient (Wildman–Crippen LogP) is 4.06. The SMILES string of the molecule is Cc1cc2c(nc1NC(=O)CC(C)(C)C)CCCN2Cc1cn(C(C)(C)C)nn1. The van der Waals surface area contributed by atoms with Gasteiger partial charge in [-0.05, 0) is 57.6 Å². The molecule has 0 fully saturated rings. The van der Waals surface area contributed by atoms with Crippen LogP contribution in [0.3, 0.4) is 0 Å². The number of carbonyl (C=O) groups excluding carboxylic acids is 1. The number of hydrogen-bond acceptors (Lipinski definition) is 5. The first-order chi connectivity index (χ1) is 13.4. The molecule has 3 rings (SSSR count). The molecule has 0 spiro atoms. The van der Waals surface area contributed by atoms with Crippen LogP contribution in [0.25, 0.3) is 0 Å². The molecule has 0 unspecified atom stereocenters. The van der Waals surface area contributed by atoms with Gasteiger partial charge in [-0.25, -0.2) is 9.67 Å². The van der Waals surface area contributed by atoms with Crippen LogP contribution in [0.1, 0.15) is 71.3 Å². The summed E-state index contributed by atoms with van der Waals surface area (Å²) in [6.07, 6.45) is 4.45. The standard InChI is InChI=1S/C22H34N6O/c1-15-11-18-17(23-20(15)24-19(29)12-21(2,3)4)9-8-10-27(18)13-16-14-28(26-25-16)22(5,6)7/h11,14H,8-10,12-13H2,1-7H3,(H,23,24,29). The number of nitrogens with one attached hydrogen (secondary N) is 1. The van der Waals surface area contributed by atoms with E-state index in [1.807, 2.05) is 17.8 Å². The molecule has 2 aromatic rings. The minimum Gasteiger partial charge on any atom is -0.364 e. The Hall–Kier alpha value is -2.44. The van der Waals surface area contributed by atoms with Crippen molar-refractivity contribution >= 4 is 17.4 Å². The Labute approximate surface area is 173 Å². The van der Waals surface area contributed by atoms with Gasteiger partial charge in [0.2, 0.25) is 5.91 Å². The lowest BCUT2D eigenvalue weighted by atomic mass is 9.92. The van der Waals surface area contributed by atoms with E-state index in [9.17, 15) is 4.79 Å². The van der Waals surface area contributed by atoms with Crippen LogP contribution in [-0.2, 0) is 23.3 Å². The summed E-state index contributed by atoms with van der Waals surface area (Å²) in [6, 6.07) is 2.14. The van der Waals surface area contributed by atoms with Crippen LogP contribution < -0.4 is 10.2 Å². The quantitative estimate of drug-likeness (QED) is 0.840. The molecule has 0 aliphatic carbocycles. The molecule has 1 N–H and O–H groups in total. The lowest BCUT2D eigenvalue weighted by Gasteiger charge is -2.31. The highest BCUT2D eigenvalue weighted by atomic mass is 16.1. The molecular formula is C22H34N6O. The minimum absolute atomic E-state index is 0.0134. The maximum absolute atomic E-state index is 12.4. The zero-order valence-corrected chi connectivity index (χ0v) is 18.8. The van der Waals surface area contributed by atoms with Crippen molar-refractivity contribution in [2.24, 2.45) is 5.41 Å². The monoisotopic (exact) mass is 398 g/mol. The molecule has 158 valence electrons. The van der Waals surface area contributed by atoms with Crippen LogP contribution >= 0.6 is 0 Å². The number of fused-ring (bicyclic) bond motifs is 1. The van der Waals surface area contributed by atoms with Crippen LogP contribution in [0.4, 0.5) is 11.5 Å². The molecule has 3 heterocycles. The molecule has 1 aliphatic rings. The molecule has 0 saturated carbocycles. The average Bonchev–Trinajstić information content (AvgIpc) is 3.03. The van der Waals surface area contributed by atoms with Crippen molar-refractivity contribution in [2.45, 2.75) is 79.8 Å².